The number of rotatable bonds is 3. The van der Waals surface area contributed by atoms with Gasteiger partial charge in [0.2, 0.25) is 11.7 Å². The molecule has 0 spiro atoms. The van der Waals surface area contributed by atoms with E-state index < -0.39 is 40.6 Å². The van der Waals surface area contributed by atoms with Crippen LogP contribution in [-0.4, -0.2) is 42.9 Å². The fourth-order valence-electron chi connectivity index (χ4n) is 3.17. The van der Waals surface area contributed by atoms with Gasteiger partial charge in [0, 0.05) is 33.1 Å². The minimum Gasteiger partial charge on any atom is -0.365 e. The Morgan fingerprint density at radius 1 is 0.900 bits per heavy atom. The molecule has 30 heavy (non-hydrogen) atoms. The van der Waals surface area contributed by atoms with E-state index in [4.69, 9.17) is 11.6 Å². The molecule has 160 valence electrons. The Balaban J connectivity index is 1.93. The van der Waals surface area contributed by atoms with Crippen molar-refractivity contribution in [3.05, 3.63) is 57.9 Å². The highest BCUT2D eigenvalue weighted by Gasteiger charge is 2.31. The fraction of sp³-hybridized carbons (Fsp3) is 0.263. The lowest BCUT2D eigenvalue weighted by molar-refractivity contribution is -0.129. The molecule has 2 amide bonds. The van der Waals surface area contributed by atoms with E-state index in [9.17, 15) is 31.5 Å². The van der Waals surface area contributed by atoms with Crippen LogP contribution in [-0.2, 0) is 4.79 Å². The third-order valence-electron chi connectivity index (χ3n) is 4.71. The Morgan fingerprint density at radius 3 is 1.97 bits per heavy atom. The van der Waals surface area contributed by atoms with Gasteiger partial charge in [-0.05, 0) is 12.1 Å². The molecule has 0 saturated carbocycles. The maximum atomic E-state index is 14.0. The molecular formula is C19H15ClF5N3O2. The molecule has 5 nitrogen and oxygen atoms in total. The van der Waals surface area contributed by atoms with Crippen LogP contribution in [0.25, 0.3) is 0 Å². The molecule has 2 aromatic carbocycles. The molecule has 1 aliphatic heterocycles. The first kappa shape index (κ1) is 21.8. The molecule has 0 unspecified atom stereocenters. The van der Waals surface area contributed by atoms with E-state index in [2.05, 4.69) is 5.32 Å². The highest BCUT2D eigenvalue weighted by Crippen LogP contribution is 2.35. The highest BCUT2D eigenvalue weighted by molar-refractivity contribution is 6.34. The number of benzene rings is 2. The first-order valence-electron chi connectivity index (χ1n) is 8.75. The van der Waals surface area contributed by atoms with Crippen molar-refractivity contribution in [3.63, 3.8) is 0 Å². The smallest absolute Gasteiger partial charge is 0.261 e. The molecule has 3 rings (SSSR count). The number of hydrogen-bond donors (Lipinski definition) is 1. The predicted molar refractivity (Wildman–Crippen MR) is 100 cm³/mol. The molecule has 0 aromatic heterocycles. The van der Waals surface area contributed by atoms with Crippen molar-refractivity contribution in [1.29, 1.82) is 0 Å². The van der Waals surface area contributed by atoms with Gasteiger partial charge in [-0.3, -0.25) is 9.59 Å². The summed E-state index contributed by atoms with van der Waals surface area (Å²) in [5, 5.41) is 2.37. The third-order valence-corrected chi connectivity index (χ3v) is 5.02. The summed E-state index contributed by atoms with van der Waals surface area (Å²) in [7, 11) is 0. The Morgan fingerprint density at radius 2 is 1.43 bits per heavy atom. The second kappa shape index (κ2) is 8.47. The Bertz CT molecular complexity index is 997. The first-order chi connectivity index (χ1) is 14.1. The van der Waals surface area contributed by atoms with Crippen molar-refractivity contribution in [2.75, 3.05) is 36.4 Å². The summed E-state index contributed by atoms with van der Waals surface area (Å²) in [4.78, 5) is 27.2. The second-order valence-electron chi connectivity index (χ2n) is 6.53. The molecule has 0 atom stereocenters. The zero-order valence-electron chi connectivity index (χ0n) is 15.5. The van der Waals surface area contributed by atoms with E-state index in [1.54, 1.807) is 9.80 Å². The Labute approximate surface area is 173 Å². The summed E-state index contributed by atoms with van der Waals surface area (Å²) >= 11 is 6.23. The molecule has 1 aliphatic rings. The zero-order chi connectivity index (χ0) is 22.2. The van der Waals surface area contributed by atoms with Crippen LogP contribution in [0.5, 0.6) is 0 Å². The highest BCUT2D eigenvalue weighted by atomic mass is 35.5. The van der Waals surface area contributed by atoms with Crippen LogP contribution in [0.3, 0.4) is 0 Å². The van der Waals surface area contributed by atoms with Gasteiger partial charge in [0.25, 0.3) is 5.91 Å². The minimum atomic E-state index is -2.35. The van der Waals surface area contributed by atoms with E-state index in [0.717, 1.165) is 0 Å². The quantitative estimate of drug-likeness (QED) is 0.440. The van der Waals surface area contributed by atoms with Crippen molar-refractivity contribution in [2.24, 2.45) is 0 Å². The summed E-state index contributed by atoms with van der Waals surface area (Å²) in [6.07, 6.45) is 0. The van der Waals surface area contributed by atoms with Crippen LogP contribution in [0.15, 0.2) is 18.2 Å². The van der Waals surface area contributed by atoms with Crippen molar-refractivity contribution in [2.45, 2.75) is 6.92 Å². The summed E-state index contributed by atoms with van der Waals surface area (Å²) in [5.74, 6) is -12.9. The predicted octanol–water partition coefficient (Wildman–Crippen LogP) is 3.96. The first-order valence-corrected chi connectivity index (χ1v) is 9.13. The lowest BCUT2D eigenvalue weighted by Gasteiger charge is -2.37. The zero-order valence-corrected chi connectivity index (χ0v) is 16.3. The van der Waals surface area contributed by atoms with Crippen LogP contribution in [0.1, 0.15) is 17.3 Å². The van der Waals surface area contributed by atoms with Gasteiger partial charge in [0.1, 0.15) is 5.56 Å². The molecule has 0 aliphatic carbocycles. The van der Waals surface area contributed by atoms with Gasteiger partial charge in [-0.15, -0.1) is 0 Å². The SMILES string of the molecule is CC(=O)N1CCN(c2c(Cl)cccc2NC(=O)c2c(F)c(F)c(F)c(F)c2F)CC1. The normalized spacial score (nSPS) is 14.1. The molecule has 0 radical (unpaired) electrons. The number of nitrogens with zero attached hydrogens (tertiary/aromatic N) is 2. The van der Waals surface area contributed by atoms with E-state index in [0.29, 0.717) is 31.9 Å². The van der Waals surface area contributed by atoms with Gasteiger partial charge >= 0.3 is 0 Å². The number of para-hydroxylation sites is 1. The number of carbonyl (C=O) groups excluding carboxylic acids is 2. The van der Waals surface area contributed by atoms with Gasteiger partial charge in [-0.1, -0.05) is 17.7 Å². The summed E-state index contributed by atoms with van der Waals surface area (Å²) in [6.45, 7) is 2.90. The molecule has 1 fully saturated rings. The van der Waals surface area contributed by atoms with Crippen molar-refractivity contribution in [1.82, 2.24) is 4.90 Å². The standard InChI is InChI=1S/C19H15ClF5N3O2/c1-9(29)27-5-7-28(8-6-27)18-10(20)3-2-4-11(18)26-19(30)12-13(21)15(23)17(25)16(24)14(12)22/h2-4H,5-8H2,1H3,(H,26,30). The van der Waals surface area contributed by atoms with Crippen LogP contribution in [0.4, 0.5) is 33.3 Å². The van der Waals surface area contributed by atoms with E-state index in [-0.39, 0.29) is 16.6 Å². The van der Waals surface area contributed by atoms with E-state index in [1.165, 1.54) is 25.1 Å². The van der Waals surface area contributed by atoms with Crippen LogP contribution in [0.2, 0.25) is 5.02 Å². The summed E-state index contributed by atoms with van der Waals surface area (Å²) < 4.78 is 68.0. The summed E-state index contributed by atoms with van der Waals surface area (Å²) in [6, 6.07) is 4.34. The van der Waals surface area contributed by atoms with Crippen molar-refractivity contribution in [3.8, 4) is 0 Å². The maximum absolute atomic E-state index is 14.0. The van der Waals surface area contributed by atoms with Gasteiger partial charge in [-0.2, -0.15) is 0 Å². The molecule has 1 heterocycles. The number of piperazine rings is 1. The second-order valence-corrected chi connectivity index (χ2v) is 6.94. The van der Waals surface area contributed by atoms with Gasteiger partial charge in [0.15, 0.2) is 23.3 Å². The van der Waals surface area contributed by atoms with Crippen molar-refractivity contribution < 1.29 is 31.5 Å². The topological polar surface area (TPSA) is 52.7 Å². The lowest BCUT2D eigenvalue weighted by Crippen LogP contribution is -2.48. The number of anilines is 2. The molecule has 11 heteroatoms. The minimum absolute atomic E-state index is 0.0210. The van der Waals surface area contributed by atoms with Gasteiger partial charge in [-0.25, -0.2) is 22.0 Å². The lowest BCUT2D eigenvalue weighted by atomic mass is 10.1. The largest absolute Gasteiger partial charge is 0.365 e. The molecule has 1 saturated heterocycles. The molecular weight excluding hydrogens is 433 g/mol. The number of hydrogen-bond acceptors (Lipinski definition) is 3. The molecule has 1 N–H and O–H groups in total. The van der Waals surface area contributed by atoms with Crippen LogP contribution in [0, 0.1) is 29.1 Å². The van der Waals surface area contributed by atoms with E-state index in [1.807, 2.05) is 0 Å². The maximum Gasteiger partial charge on any atom is 0.261 e. The monoisotopic (exact) mass is 447 g/mol. The fourth-order valence-corrected chi connectivity index (χ4v) is 3.47. The third kappa shape index (κ3) is 3.91. The number of carbonyl (C=O) groups is 2. The Hall–Kier alpha value is -2.88. The number of halogens is 6. The summed E-state index contributed by atoms with van der Waals surface area (Å²) in [5.41, 5.74) is -1.27. The van der Waals surface area contributed by atoms with Gasteiger partial charge in [0.05, 0.1) is 16.4 Å². The number of amides is 2. The van der Waals surface area contributed by atoms with Crippen molar-refractivity contribution >= 4 is 34.8 Å². The van der Waals surface area contributed by atoms with Crippen LogP contribution >= 0.6 is 11.6 Å². The number of nitrogens with one attached hydrogen (secondary N) is 1. The molecule has 0 bridgehead atoms. The average Bonchev–Trinajstić information content (AvgIpc) is 2.71. The van der Waals surface area contributed by atoms with E-state index >= 15 is 0 Å². The Kier molecular flexibility index (Phi) is 6.16. The van der Waals surface area contributed by atoms with Gasteiger partial charge < -0.3 is 15.1 Å². The van der Waals surface area contributed by atoms with Crippen LogP contribution < -0.4 is 10.2 Å². The average molecular weight is 448 g/mol. The molecule has 2 aromatic rings.